The second-order valence-corrected chi connectivity index (χ2v) is 20.0. The van der Waals surface area contributed by atoms with Crippen LogP contribution in [0.25, 0.3) is 44.5 Å². The fraction of sp³-hybridized carbons (Fsp3) is 0.0794. The SMILES string of the molecule is Cc1ccc(-c2ccccc2)c(-c2ccc3c(c2)N(c2ccccc2)c2cccc4c2B3c2sc3c(c2N4c2ccc(C(C)C)cc2)-c2ccccc2C32c3ccccc3-c3ccccc32)c1. The normalized spacial score (nSPS) is 14.1. The number of rotatable bonds is 5. The third-order valence-electron chi connectivity index (χ3n) is 15.1. The predicted molar refractivity (Wildman–Crippen MR) is 284 cm³/mol. The Hall–Kier alpha value is -7.66. The molecule has 0 radical (unpaired) electrons. The number of hydrogen-bond acceptors (Lipinski definition) is 3. The maximum Gasteiger partial charge on any atom is 0.264 e. The van der Waals surface area contributed by atoms with Gasteiger partial charge in [-0.3, -0.25) is 0 Å². The van der Waals surface area contributed by atoms with Gasteiger partial charge in [-0.15, -0.1) is 11.3 Å². The number of benzene rings is 9. The minimum Gasteiger partial charge on any atom is -0.311 e. The first-order valence-electron chi connectivity index (χ1n) is 23.7. The van der Waals surface area contributed by atoms with E-state index >= 15 is 0 Å². The second kappa shape index (κ2) is 14.4. The standard InChI is InChI=1S/C63H45BN2S/c1-39(2)41-30-33-45(34-31-41)66-56-28-16-27-55-59(56)64(54-36-32-43(38-57(54)65(55)44-19-8-5-9-20-44)50-37-40(3)29-35-46(50)42-17-6-4-7-18-42)62-60(66)58-49-23-12-15-26-53(49)63(61(58)67-62)51-24-13-10-21-47(51)48-22-11-14-25-52(48)63/h4-39H,1-3H3. The van der Waals surface area contributed by atoms with Crippen LogP contribution in [0.3, 0.4) is 0 Å². The Kier molecular flexibility index (Phi) is 8.31. The summed E-state index contributed by atoms with van der Waals surface area (Å²) in [4.78, 5) is 6.59. The van der Waals surface area contributed by atoms with Gasteiger partial charge in [0.15, 0.2) is 0 Å². The molecule has 2 aliphatic carbocycles. The van der Waals surface area contributed by atoms with E-state index in [9.17, 15) is 0 Å². The molecule has 0 saturated carbocycles. The average Bonchev–Trinajstić information content (AvgIpc) is 4.01. The molecule has 3 heterocycles. The Balaban J connectivity index is 1.09. The first-order chi connectivity index (χ1) is 33.0. The molecule has 0 fully saturated rings. The molecule has 1 spiro atoms. The number of hydrogen-bond donors (Lipinski definition) is 0. The topological polar surface area (TPSA) is 6.48 Å². The highest BCUT2D eigenvalue weighted by Crippen LogP contribution is 2.67. The Labute approximate surface area is 397 Å². The molecular formula is C63H45BN2S. The molecule has 14 rings (SSSR count). The Morgan fingerprint density at radius 2 is 1.06 bits per heavy atom. The number of nitrogens with zero attached hydrogens (tertiary/aromatic N) is 2. The van der Waals surface area contributed by atoms with Crippen LogP contribution in [0.4, 0.5) is 34.1 Å². The van der Waals surface area contributed by atoms with E-state index in [0.717, 1.165) is 5.69 Å². The fourth-order valence-electron chi connectivity index (χ4n) is 12.2. The van der Waals surface area contributed by atoms with Gasteiger partial charge >= 0.3 is 0 Å². The van der Waals surface area contributed by atoms with Crippen molar-refractivity contribution in [2.75, 3.05) is 9.80 Å². The number of anilines is 6. The lowest BCUT2D eigenvalue weighted by molar-refractivity contribution is 0.811. The number of fused-ring (bicyclic) bond motifs is 15. The van der Waals surface area contributed by atoms with Crippen molar-refractivity contribution in [3.63, 3.8) is 0 Å². The van der Waals surface area contributed by atoms with E-state index in [2.05, 4.69) is 254 Å². The molecule has 2 aliphatic heterocycles. The molecule has 0 unspecified atom stereocenters. The van der Waals surface area contributed by atoms with Crippen molar-refractivity contribution >= 4 is 67.9 Å². The van der Waals surface area contributed by atoms with Gasteiger partial charge in [0.1, 0.15) is 0 Å². The van der Waals surface area contributed by atoms with E-state index in [4.69, 9.17) is 0 Å². The molecule has 10 aromatic rings. The number of thiophene rings is 1. The quantitative estimate of drug-likeness (QED) is 0.159. The van der Waals surface area contributed by atoms with E-state index < -0.39 is 5.41 Å². The van der Waals surface area contributed by atoms with Gasteiger partial charge in [-0.25, -0.2) is 0 Å². The van der Waals surface area contributed by atoms with Gasteiger partial charge in [-0.2, -0.15) is 0 Å². The molecule has 9 aromatic carbocycles. The van der Waals surface area contributed by atoms with Crippen LogP contribution >= 0.6 is 11.3 Å². The summed E-state index contributed by atoms with van der Waals surface area (Å²) >= 11 is 2.05. The molecule has 0 amide bonds. The summed E-state index contributed by atoms with van der Waals surface area (Å²) in [5, 5.41) is 0. The summed E-state index contributed by atoms with van der Waals surface area (Å²) < 4.78 is 1.40. The molecule has 4 aliphatic rings. The second-order valence-electron chi connectivity index (χ2n) is 19.0. The van der Waals surface area contributed by atoms with Gasteiger partial charge in [0.2, 0.25) is 0 Å². The largest absolute Gasteiger partial charge is 0.311 e. The smallest absolute Gasteiger partial charge is 0.264 e. The number of aryl methyl sites for hydroxylation is 1. The van der Waals surface area contributed by atoms with Gasteiger partial charge in [0, 0.05) is 43.7 Å². The highest BCUT2D eigenvalue weighted by atomic mass is 32.1. The molecule has 316 valence electrons. The minimum absolute atomic E-state index is 0.00537. The summed E-state index contributed by atoms with van der Waals surface area (Å²) in [6.07, 6.45) is 0. The van der Waals surface area contributed by atoms with E-state index in [1.807, 2.05) is 0 Å². The third kappa shape index (κ3) is 5.28. The summed E-state index contributed by atoms with van der Waals surface area (Å²) in [6.45, 7) is 6.77. The predicted octanol–water partition coefficient (Wildman–Crippen LogP) is 14.9. The monoisotopic (exact) mass is 872 g/mol. The van der Waals surface area contributed by atoms with Crippen molar-refractivity contribution in [3.05, 3.63) is 245 Å². The van der Waals surface area contributed by atoms with Crippen molar-refractivity contribution in [1.29, 1.82) is 0 Å². The molecule has 0 atom stereocenters. The van der Waals surface area contributed by atoms with Crippen LogP contribution < -0.4 is 25.5 Å². The van der Waals surface area contributed by atoms with Crippen molar-refractivity contribution in [3.8, 4) is 44.5 Å². The average molecular weight is 873 g/mol. The molecule has 67 heavy (non-hydrogen) atoms. The number of para-hydroxylation sites is 1. The molecule has 0 saturated heterocycles. The lowest BCUT2D eigenvalue weighted by Crippen LogP contribution is -2.60. The molecule has 4 heteroatoms. The van der Waals surface area contributed by atoms with Crippen LogP contribution in [0.1, 0.15) is 52.5 Å². The Bertz CT molecular complexity index is 3600. The Morgan fingerprint density at radius 3 is 1.75 bits per heavy atom. The van der Waals surface area contributed by atoms with Crippen LogP contribution in [0.2, 0.25) is 0 Å². The zero-order valence-corrected chi connectivity index (χ0v) is 38.5. The first kappa shape index (κ1) is 38.6. The maximum atomic E-state index is 2.63. The molecule has 0 bridgehead atoms. The van der Waals surface area contributed by atoms with Crippen LogP contribution in [0.5, 0.6) is 0 Å². The lowest BCUT2D eigenvalue weighted by Gasteiger charge is -2.43. The van der Waals surface area contributed by atoms with Crippen LogP contribution in [-0.2, 0) is 5.41 Å². The summed E-state index contributed by atoms with van der Waals surface area (Å²) in [6, 6.07) is 80.3. The van der Waals surface area contributed by atoms with Crippen molar-refractivity contribution < 1.29 is 0 Å². The summed E-state index contributed by atoms with van der Waals surface area (Å²) in [5.74, 6) is 0.434. The zero-order chi connectivity index (χ0) is 44.5. The van der Waals surface area contributed by atoms with Gasteiger partial charge < -0.3 is 9.80 Å². The van der Waals surface area contributed by atoms with Crippen molar-refractivity contribution in [2.24, 2.45) is 0 Å². The van der Waals surface area contributed by atoms with Crippen LogP contribution in [0.15, 0.2) is 212 Å². The van der Waals surface area contributed by atoms with Crippen LogP contribution in [0, 0.1) is 6.92 Å². The Morgan fingerprint density at radius 1 is 0.463 bits per heavy atom. The van der Waals surface area contributed by atoms with Crippen LogP contribution in [-0.4, -0.2) is 6.71 Å². The van der Waals surface area contributed by atoms with Gasteiger partial charge in [0.25, 0.3) is 6.71 Å². The summed E-state index contributed by atoms with van der Waals surface area (Å²) in [5.41, 5.74) is 26.6. The third-order valence-corrected chi connectivity index (χ3v) is 16.5. The lowest BCUT2D eigenvalue weighted by atomic mass is 9.36. The minimum atomic E-state index is -0.445. The van der Waals surface area contributed by atoms with E-state index in [1.165, 1.54) is 121 Å². The fourth-order valence-corrected chi connectivity index (χ4v) is 13.9. The molecule has 0 N–H and O–H groups in total. The molecule has 2 nitrogen and oxygen atoms in total. The highest BCUT2D eigenvalue weighted by Gasteiger charge is 2.56. The van der Waals surface area contributed by atoms with E-state index in [-0.39, 0.29) is 6.71 Å². The molecular weight excluding hydrogens is 828 g/mol. The van der Waals surface area contributed by atoms with E-state index in [0.29, 0.717) is 5.92 Å². The maximum absolute atomic E-state index is 2.63. The summed E-state index contributed by atoms with van der Waals surface area (Å²) in [7, 11) is 0. The van der Waals surface area contributed by atoms with Gasteiger partial charge in [-0.05, 0) is 127 Å². The zero-order valence-electron chi connectivity index (χ0n) is 37.7. The first-order valence-corrected chi connectivity index (χ1v) is 24.5. The highest BCUT2D eigenvalue weighted by molar-refractivity contribution is 7.30. The van der Waals surface area contributed by atoms with Gasteiger partial charge in [0.05, 0.1) is 11.1 Å². The van der Waals surface area contributed by atoms with Crippen molar-refractivity contribution in [1.82, 2.24) is 0 Å². The van der Waals surface area contributed by atoms with Gasteiger partial charge in [-0.1, -0.05) is 189 Å². The van der Waals surface area contributed by atoms with E-state index in [1.54, 1.807) is 0 Å². The van der Waals surface area contributed by atoms with Crippen molar-refractivity contribution in [2.45, 2.75) is 32.1 Å². The molecule has 1 aromatic heterocycles.